The summed E-state index contributed by atoms with van der Waals surface area (Å²) in [6.07, 6.45) is 3.71. The molecular formula is C21H20. The number of aryl methyl sites for hydroxylation is 2. The Hall–Kier alpha value is -2.08. The van der Waals surface area contributed by atoms with Gasteiger partial charge in [-0.15, -0.1) is 0 Å². The predicted molar refractivity (Wildman–Crippen MR) is 93.5 cm³/mol. The first-order chi connectivity index (χ1) is 10.3. The Bertz CT molecular complexity index is 912. The van der Waals surface area contributed by atoms with Crippen molar-refractivity contribution in [1.82, 2.24) is 0 Å². The molecule has 4 aromatic rings. The molecule has 0 nitrogen and oxygen atoms in total. The number of hydrogen-bond donors (Lipinski definition) is 0. The van der Waals surface area contributed by atoms with Crippen LogP contribution in [0.25, 0.3) is 32.3 Å². The Kier molecular flexibility index (Phi) is 2.85. The first-order valence-electron chi connectivity index (χ1n) is 7.95. The molecule has 0 unspecified atom stereocenters. The van der Waals surface area contributed by atoms with E-state index in [1.54, 1.807) is 0 Å². The van der Waals surface area contributed by atoms with Gasteiger partial charge in [0.05, 0.1) is 0 Å². The largest absolute Gasteiger partial charge is 0.0654 e. The molecule has 0 aliphatic heterocycles. The molecule has 4 aromatic carbocycles. The first kappa shape index (κ1) is 12.6. The summed E-state index contributed by atoms with van der Waals surface area (Å²) in [5.41, 5.74) is 2.84. The van der Waals surface area contributed by atoms with Crippen LogP contribution in [0.5, 0.6) is 0 Å². The summed E-state index contributed by atoms with van der Waals surface area (Å²) in [5.74, 6) is 0. The van der Waals surface area contributed by atoms with Crippen LogP contribution in [0.2, 0.25) is 0 Å². The van der Waals surface area contributed by atoms with Crippen molar-refractivity contribution in [2.24, 2.45) is 0 Å². The molecule has 0 atom stereocenters. The number of hydrogen-bond acceptors (Lipinski definition) is 0. The molecule has 0 aliphatic carbocycles. The molecule has 0 saturated carbocycles. The molecule has 4 rings (SSSR count). The van der Waals surface area contributed by atoms with Gasteiger partial charge in [0.15, 0.2) is 0 Å². The van der Waals surface area contributed by atoms with Crippen LogP contribution >= 0.6 is 0 Å². The van der Waals surface area contributed by atoms with Gasteiger partial charge in [0.25, 0.3) is 0 Å². The minimum Gasteiger partial charge on any atom is -0.0654 e. The first-order valence-corrected chi connectivity index (χ1v) is 7.95. The minimum atomic E-state index is 1.19. The third-order valence-corrected chi connectivity index (χ3v) is 4.70. The van der Waals surface area contributed by atoms with Crippen LogP contribution in [0.3, 0.4) is 0 Å². The van der Waals surface area contributed by atoms with E-state index in [0.717, 1.165) is 0 Å². The Morgan fingerprint density at radius 2 is 1.43 bits per heavy atom. The third kappa shape index (κ3) is 1.90. The molecule has 0 fully saturated rings. The van der Waals surface area contributed by atoms with Gasteiger partial charge in [0.2, 0.25) is 0 Å². The van der Waals surface area contributed by atoms with Crippen molar-refractivity contribution in [3.63, 3.8) is 0 Å². The molecule has 21 heavy (non-hydrogen) atoms. The van der Waals surface area contributed by atoms with E-state index in [1.807, 2.05) is 0 Å². The minimum absolute atomic E-state index is 1.19. The van der Waals surface area contributed by atoms with E-state index in [9.17, 15) is 0 Å². The fraction of sp³-hybridized carbons (Fsp3) is 0.238. The maximum atomic E-state index is 2.39. The fourth-order valence-corrected chi connectivity index (χ4v) is 3.55. The van der Waals surface area contributed by atoms with E-state index in [4.69, 9.17) is 0 Å². The van der Waals surface area contributed by atoms with E-state index in [1.165, 1.54) is 62.7 Å². The van der Waals surface area contributed by atoms with E-state index in [2.05, 4.69) is 62.4 Å². The van der Waals surface area contributed by atoms with Crippen molar-refractivity contribution in [3.8, 4) is 0 Å². The average Bonchev–Trinajstić information content (AvgIpc) is 2.52. The molecule has 0 radical (unpaired) electrons. The lowest BCUT2D eigenvalue weighted by Crippen LogP contribution is -1.90. The van der Waals surface area contributed by atoms with Crippen molar-refractivity contribution in [2.45, 2.75) is 33.1 Å². The maximum absolute atomic E-state index is 2.39. The highest BCUT2D eigenvalue weighted by molar-refractivity contribution is 6.23. The van der Waals surface area contributed by atoms with Gasteiger partial charge < -0.3 is 0 Å². The smallest absolute Gasteiger partial charge is 0.00241 e. The van der Waals surface area contributed by atoms with Gasteiger partial charge in [-0.1, -0.05) is 61.9 Å². The molecule has 0 bridgehead atoms. The summed E-state index contributed by atoms with van der Waals surface area (Å²) in [5, 5.41) is 8.41. The highest BCUT2D eigenvalue weighted by atomic mass is 14.1. The van der Waals surface area contributed by atoms with Gasteiger partial charge >= 0.3 is 0 Å². The van der Waals surface area contributed by atoms with E-state index < -0.39 is 0 Å². The Morgan fingerprint density at radius 1 is 0.762 bits per heavy atom. The molecule has 104 valence electrons. The van der Waals surface area contributed by atoms with Crippen LogP contribution in [0.4, 0.5) is 0 Å². The average molecular weight is 272 g/mol. The van der Waals surface area contributed by atoms with Crippen molar-refractivity contribution >= 4 is 32.3 Å². The zero-order chi connectivity index (χ0) is 14.4. The summed E-state index contributed by atoms with van der Waals surface area (Å²) in [6.45, 7) is 4.46. The molecule has 0 aromatic heterocycles. The molecule has 0 saturated heterocycles. The lowest BCUT2D eigenvalue weighted by atomic mass is 9.90. The van der Waals surface area contributed by atoms with Gasteiger partial charge in [0.1, 0.15) is 0 Å². The molecule has 0 amide bonds. The van der Waals surface area contributed by atoms with Crippen molar-refractivity contribution in [1.29, 1.82) is 0 Å². The second-order valence-electron chi connectivity index (χ2n) is 6.18. The Morgan fingerprint density at radius 3 is 2.19 bits per heavy atom. The van der Waals surface area contributed by atoms with Crippen molar-refractivity contribution in [3.05, 3.63) is 59.7 Å². The molecule has 0 heteroatoms. The highest BCUT2D eigenvalue weighted by Gasteiger charge is 2.10. The highest BCUT2D eigenvalue weighted by Crippen LogP contribution is 2.36. The molecular weight excluding hydrogens is 252 g/mol. The molecule has 0 aliphatic rings. The second kappa shape index (κ2) is 4.73. The summed E-state index contributed by atoms with van der Waals surface area (Å²) >= 11 is 0. The Balaban J connectivity index is 2.10. The SMILES string of the molecule is CCCCc1cc2ccc3ccc(C)c4ccc(c1)c2c34. The van der Waals surface area contributed by atoms with Gasteiger partial charge in [-0.05, 0) is 63.2 Å². The van der Waals surface area contributed by atoms with Gasteiger partial charge in [-0.25, -0.2) is 0 Å². The standard InChI is InChI=1S/C21H20/c1-3-4-5-15-12-17-9-8-16-7-6-14(2)19-11-10-18(13-15)20(17)21(16)19/h6-13H,3-5H2,1-2H3. The Labute approximate surface area is 125 Å². The lowest BCUT2D eigenvalue weighted by molar-refractivity contribution is 0.796. The van der Waals surface area contributed by atoms with Crippen LogP contribution in [0.15, 0.2) is 48.5 Å². The number of unbranched alkanes of at least 4 members (excludes halogenated alkanes) is 1. The zero-order valence-corrected chi connectivity index (χ0v) is 12.7. The van der Waals surface area contributed by atoms with Crippen molar-refractivity contribution in [2.75, 3.05) is 0 Å². The van der Waals surface area contributed by atoms with Gasteiger partial charge in [-0.3, -0.25) is 0 Å². The summed E-state index contributed by atoms with van der Waals surface area (Å²) in [6, 6.07) is 18.4. The number of benzene rings is 4. The van der Waals surface area contributed by atoms with Crippen LogP contribution in [0, 0.1) is 6.92 Å². The topological polar surface area (TPSA) is 0 Å². The quantitative estimate of drug-likeness (QED) is 0.387. The molecule has 0 spiro atoms. The third-order valence-electron chi connectivity index (χ3n) is 4.70. The van der Waals surface area contributed by atoms with Gasteiger partial charge in [0, 0.05) is 0 Å². The zero-order valence-electron chi connectivity index (χ0n) is 12.7. The summed E-state index contributed by atoms with van der Waals surface area (Å²) in [7, 11) is 0. The van der Waals surface area contributed by atoms with Gasteiger partial charge in [-0.2, -0.15) is 0 Å². The monoisotopic (exact) mass is 272 g/mol. The summed E-state index contributed by atoms with van der Waals surface area (Å²) in [4.78, 5) is 0. The normalized spacial score (nSPS) is 11.9. The lowest BCUT2D eigenvalue weighted by Gasteiger charge is -2.13. The van der Waals surface area contributed by atoms with E-state index in [-0.39, 0.29) is 0 Å². The molecule has 0 N–H and O–H groups in total. The van der Waals surface area contributed by atoms with Crippen molar-refractivity contribution < 1.29 is 0 Å². The predicted octanol–water partition coefficient (Wildman–Crippen LogP) is 6.24. The number of rotatable bonds is 3. The fourth-order valence-electron chi connectivity index (χ4n) is 3.55. The second-order valence-corrected chi connectivity index (χ2v) is 6.18. The van der Waals surface area contributed by atoms with E-state index >= 15 is 0 Å². The summed E-state index contributed by atoms with van der Waals surface area (Å²) < 4.78 is 0. The molecule has 0 heterocycles. The van der Waals surface area contributed by atoms with Crippen LogP contribution in [-0.4, -0.2) is 0 Å². The van der Waals surface area contributed by atoms with E-state index in [0.29, 0.717) is 0 Å². The van der Waals surface area contributed by atoms with Crippen LogP contribution in [-0.2, 0) is 6.42 Å². The van der Waals surface area contributed by atoms with Crippen LogP contribution in [0.1, 0.15) is 30.9 Å². The van der Waals surface area contributed by atoms with Crippen LogP contribution < -0.4 is 0 Å². The maximum Gasteiger partial charge on any atom is -0.00241 e.